The molecule has 2 aliphatic rings. The maximum absolute atomic E-state index is 14.2. The Morgan fingerprint density at radius 2 is 2.12 bits per heavy atom. The predicted molar refractivity (Wildman–Crippen MR) is 112 cm³/mol. The second kappa shape index (κ2) is 8.68. The summed E-state index contributed by atoms with van der Waals surface area (Å²) in [6.07, 6.45) is 2.18. The van der Waals surface area contributed by atoms with Crippen molar-refractivity contribution in [2.24, 2.45) is 29.4 Å². The number of rotatable bonds is 8. The zero-order valence-electron chi connectivity index (χ0n) is 16.7. The number of nitrogens with two attached hydrogens (primary N) is 1. The number of anilines is 1. The first-order chi connectivity index (χ1) is 15.2. The molecule has 0 unspecified atom stereocenters. The number of sulfonamides is 1. The molecule has 1 heterocycles. The van der Waals surface area contributed by atoms with Crippen LogP contribution in [-0.4, -0.2) is 36.9 Å². The number of primary amides is 1. The molecule has 1 aromatic carbocycles. The minimum absolute atomic E-state index is 0.0381. The summed E-state index contributed by atoms with van der Waals surface area (Å²) >= 11 is 5.77. The molecule has 2 aliphatic carbocycles. The predicted octanol–water partition coefficient (Wildman–Crippen LogP) is 0.264. The number of aromatic nitrogens is 2. The first-order valence-electron chi connectivity index (χ1n) is 9.91. The third-order valence-electron chi connectivity index (χ3n) is 6.29. The van der Waals surface area contributed by atoms with Crippen molar-refractivity contribution in [2.45, 2.75) is 23.8 Å². The highest BCUT2D eigenvalue weighted by Gasteiger charge is 2.55. The van der Waals surface area contributed by atoms with Gasteiger partial charge in [-0.2, -0.15) is 4.98 Å². The standard InChI is InChI=1S/C19H20ClFN6O4S/c20-19-23-8-14(21)18(26-19)25-16-13-5-9(15(16)17(22)28)4-10(13)7-24-32(30,31)12-3-1-2-11(6-12)27-29/h1-3,6,8-10,13,15-16,24H,4-5,7H2,(H2,22,28)(H,23,25,26)/p+1/t9-,10+,13-,15+,16-/m1/s1. The summed E-state index contributed by atoms with van der Waals surface area (Å²) in [5, 5.41) is 4.48. The molecule has 2 fully saturated rings. The van der Waals surface area contributed by atoms with Crippen LogP contribution in [0.4, 0.5) is 15.9 Å². The first-order valence-corrected chi connectivity index (χ1v) is 11.8. The largest absolute Gasteiger partial charge is 0.369 e. The normalized spacial score (nSPS) is 26.8. The molecule has 0 aliphatic heterocycles. The summed E-state index contributed by atoms with van der Waals surface area (Å²) in [6, 6.07) is 5.03. The van der Waals surface area contributed by atoms with Crippen molar-refractivity contribution < 1.29 is 22.8 Å². The second-order valence-corrected chi connectivity index (χ2v) is 10.2. The summed E-state index contributed by atoms with van der Waals surface area (Å²) in [5.41, 5.74) is 5.75. The molecule has 5 N–H and O–H groups in total. The lowest BCUT2D eigenvalue weighted by Gasteiger charge is -2.35. The van der Waals surface area contributed by atoms with E-state index in [0.717, 1.165) is 6.20 Å². The summed E-state index contributed by atoms with van der Waals surface area (Å²) < 4.78 is 42.1. The molecular weight excluding hydrogens is 463 g/mol. The number of nitroso groups, excluding NO2 is 1. The minimum Gasteiger partial charge on any atom is -0.369 e. The van der Waals surface area contributed by atoms with Crippen LogP contribution in [0.1, 0.15) is 12.8 Å². The fourth-order valence-corrected chi connectivity index (χ4v) is 6.24. The molecule has 2 saturated carbocycles. The SMILES string of the molecule is NC(=O)[C@H]1[C@@H]2C[C@@H](CNS(=O)(=O)c3cccc([NH+]=O)c3)[C@@H](C2)[C@H]1Nc1nc(Cl)ncc1F. The molecule has 170 valence electrons. The second-order valence-electron chi connectivity index (χ2n) is 8.07. The fraction of sp³-hybridized carbons (Fsp3) is 0.421. The van der Waals surface area contributed by atoms with E-state index in [-0.39, 0.29) is 46.0 Å². The van der Waals surface area contributed by atoms with Gasteiger partial charge in [0.2, 0.25) is 21.2 Å². The zero-order chi connectivity index (χ0) is 23.0. The number of hydrogen-bond donors (Lipinski definition) is 4. The van der Waals surface area contributed by atoms with Gasteiger partial charge in [0, 0.05) is 34.8 Å². The third-order valence-corrected chi connectivity index (χ3v) is 7.89. The number of nitrogens with one attached hydrogen (secondary N) is 3. The van der Waals surface area contributed by atoms with Crippen LogP contribution >= 0.6 is 11.6 Å². The van der Waals surface area contributed by atoms with E-state index in [2.05, 4.69) is 20.0 Å². The fourth-order valence-electron chi connectivity index (χ4n) is 4.97. The van der Waals surface area contributed by atoms with Crippen LogP contribution in [0.2, 0.25) is 5.28 Å². The molecule has 32 heavy (non-hydrogen) atoms. The molecule has 13 heteroatoms. The van der Waals surface area contributed by atoms with Gasteiger partial charge in [-0.3, -0.25) is 4.79 Å². The Labute approximate surface area is 188 Å². The average molecular weight is 484 g/mol. The van der Waals surface area contributed by atoms with E-state index in [9.17, 15) is 22.5 Å². The van der Waals surface area contributed by atoms with Crippen molar-refractivity contribution in [3.8, 4) is 0 Å². The van der Waals surface area contributed by atoms with Crippen molar-refractivity contribution >= 4 is 39.0 Å². The Bertz CT molecular complexity index is 1170. The van der Waals surface area contributed by atoms with Crippen LogP contribution in [-0.2, 0) is 14.8 Å². The monoisotopic (exact) mass is 483 g/mol. The number of carbonyl (C=O) groups excluding carboxylic acids is 1. The zero-order valence-corrected chi connectivity index (χ0v) is 18.2. The quantitative estimate of drug-likeness (QED) is 0.392. The van der Waals surface area contributed by atoms with Gasteiger partial charge in [-0.25, -0.2) is 22.5 Å². The van der Waals surface area contributed by atoms with Gasteiger partial charge in [-0.05, 0) is 48.3 Å². The van der Waals surface area contributed by atoms with Crippen molar-refractivity contribution in [2.75, 3.05) is 11.9 Å². The molecule has 2 bridgehead atoms. The maximum atomic E-state index is 14.2. The molecule has 2 aromatic rings. The van der Waals surface area contributed by atoms with Crippen molar-refractivity contribution in [1.29, 1.82) is 0 Å². The molecule has 10 nitrogen and oxygen atoms in total. The van der Waals surface area contributed by atoms with E-state index < -0.39 is 33.7 Å². The van der Waals surface area contributed by atoms with Gasteiger partial charge < -0.3 is 11.1 Å². The van der Waals surface area contributed by atoms with Crippen LogP contribution < -0.4 is 20.9 Å². The van der Waals surface area contributed by atoms with Gasteiger partial charge >= 0.3 is 0 Å². The van der Waals surface area contributed by atoms with Crippen LogP contribution in [0.15, 0.2) is 35.4 Å². The lowest BCUT2D eigenvalue weighted by molar-refractivity contribution is -0.379. The molecule has 0 saturated heterocycles. The number of benzene rings is 1. The summed E-state index contributed by atoms with van der Waals surface area (Å²) in [6.45, 7) is 0.120. The smallest absolute Gasteiger partial charge is 0.254 e. The number of halogens is 2. The summed E-state index contributed by atoms with van der Waals surface area (Å²) in [5.74, 6) is -2.19. The van der Waals surface area contributed by atoms with Crippen LogP contribution in [0.3, 0.4) is 0 Å². The van der Waals surface area contributed by atoms with Gasteiger partial charge in [-0.15, -0.1) is 0 Å². The molecule has 4 rings (SSSR count). The molecule has 0 radical (unpaired) electrons. The first kappa shape index (κ1) is 22.5. The number of fused-ring (bicyclic) bond motifs is 2. The third kappa shape index (κ3) is 4.30. The molecule has 5 atom stereocenters. The van der Waals surface area contributed by atoms with Gasteiger partial charge in [0.05, 0.1) is 17.0 Å². The number of nitrogens with zero attached hydrogens (tertiary/aromatic N) is 2. The van der Waals surface area contributed by atoms with Gasteiger partial charge in [0.25, 0.3) is 5.69 Å². The van der Waals surface area contributed by atoms with Crippen LogP contribution in [0.5, 0.6) is 0 Å². The van der Waals surface area contributed by atoms with Gasteiger partial charge in [-0.1, -0.05) is 6.07 Å². The number of hydrogen-bond acceptors (Lipinski definition) is 7. The lowest BCUT2D eigenvalue weighted by atomic mass is 9.78. The van der Waals surface area contributed by atoms with E-state index in [1.807, 2.05) is 0 Å². The van der Waals surface area contributed by atoms with E-state index >= 15 is 0 Å². The van der Waals surface area contributed by atoms with Gasteiger partial charge in [0.1, 0.15) is 0 Å². The highest BCUT2D eigenvalue weighted by Crippen LogP contribution is 2.52. The van der Waals surface area contributed by atoms with Crippen molar-refractivity contribution in [1.82, 2.24) is 14.7 Å². The van der Waals surface area contributed by atoms with Crippen LogP contribution in [0, 0.1) is 34.4 Å². The highest BCUT2D eigenvalue weighted by molar-refractivity contribution is 7.89. The maximum Gasteiger partial charge on any atom is 0.254 e. The van der Waals surface area contributed by atoms with Gasteiger partial charge in [0.15, 0.2) is 11.6 Å². The molecule has 0 spiro atoms. The number of carbonyl (C=O) groups is 1. The van der Waals surface area contributed by atoms with E-state index in [0.29, 0.717) is 12.8 Å². The number of amides is 1. The highest BCUT2D eigenvalue weighted by atomic mass is 35.5. The molecular formula is C19H21ClFN6O4S+. The Balaban J connectivity index is 1.51. The van der Waals surface area contributed by atoms with Crippen molar-refractivity contribution in [3.63, 3.8) is 0 Å². The van der Waals surface area contributed by atoms with Crippen molar-refractivity contribution in [3.05, 3.63) is 46.5 Å². The topological polar surface area (TPSA) is 158 Å². The van der Waals surface area contributed by atoms with E-state index in [4.69, 9.17) is 17.3 Å². The Morgan fingerprint density at radius 1 is 1.34 bits per heavy atom. The van der Waals surface area contributed by atoms with E-state index in [1.165, 1.54) is 24.3 Å². The molecule has 1 aromatic heterocycles. The Hall–Kier alpha value is -2.70. The Morgan fingerprint density at radius 3 is 2.84 bits per heavy atom. The van der Waals surface area contributed by atoms with Crippen LogP contribution in [0.25, 0.3) is 0 Å². The minimum atomic E-state index is -3.85. The lowest BCUT2D eigenvalue weighted by Crippen LogP contribution is -2.55. The average Bonchev–Trinajstić information content (AvgIpc) is 3.33. The molecule has 1 amide bonds. The Kier molecular flexibility index (Phi) is 6.10. The summed E-state index contributed by atoms with van der Waals surface area (Å²) in [7, 11) is -3.85. The summed E-state index contributed by atoms with van der Waals surface area (Å²) in [4.78, 5) is 30.3. The van der Waals surface area contributed by atoms with E-state index in [1.54, 1.807) is 5.18 Å².